The van der Waals surface area contributed by atoms with Crippen LogP contribution in [-0.4, -0.2) is 23.9 Å². The molecule has 0 spiro atoms. The van der Waals surface area contributed by atoms with Gasteiger partial charge in [0.15, 0.2) is 0 Å². The van der Waals surface area contributed by atoms with E-state index in [1.54, 1.807) is 0 Å². The first-order valence-corrected chi connectivity index (χ1v) is 9.18. The second-order valence-electron chi connectivity index (χ2n) is 7.32. The molecule has 0 bridgehead atoms. The number of hydrogen-bond donors (Lipinski definition) is 1. The molecule has 1 heterocycles. The molecule has 3 rings (SSSR count). The molecule has 0 radical (unpaired) electrons. The molecule has 1 N–H and O–H groups in total. The summed E-state index contributed by atoms with van der Waals surface area (Å²) in [6.45, 7) is 9.04. The Morgan fingerprint density at radius 1 is 1.08 bits per heavy atom. The highest BCUT2D eigenvalue weighted by atomic mass is 16.1. The van der Waals surface area contributed by atoms with E-state index >= 15 is 0 Å². The van der Waals surface area contributed by atoms with E-state index in [0.717, 1.165) is 49.3 Å². The number of carbonyl (C=O) groups excluding carboxylic acids is 1. The summed E-state index contributed by atoms with van der Waals surface area (Å²) in [6.07, 6.45) is 2.05. The first kappa shape index (κ1) is 17.7. The van der Waals surface area contributed by atoms with Gasteiger partial charge < -0.3 is 5.32 Å². The van der Waals surface area contributed by atoms with E-state index in [-0.39, 0.29) is 11.8 Å². The van der Waals surface area contributed by atoms with Crippen LogP contribution in [0.5, 0.6) is 0 Å². The quantitative estimate of drug-likeness (QED) is 0.894. The van der Waals surface area contributed by atoms with Crippen molar-refractivity contribution in [2.45, 2.75) is 40.2 Å². The molecule has 0 saturated carbocycles. The second kappa shape index (κ2) is 7.83. The SMILES string of the molecule is Cc1ccc(CN2CCCC(C(=O)Nc3c(C)cccc3C)C2)cc1. The van der Waals surface area contributed by atoms with Gasteiger partial charge in [0.25, 0.3) is 0 Å². The van der Waals surface area contributed by atoms with Gasteiger partial charge in [0, 0.05) is 18.8 Å². The number of anilines is 1. The van der Waals surface area contributed by atoms with Gasteiger partial charge in [-0.2, -0.15) is 0 Å². The van der Waals surface area contributed by atoms with Crippen LogP contribution in [0.2, 0.25) is 0 Å². The standard InChI is InChI=1S/C22H28N2O/c1-16-9-11-19(12-10-16)14-24-13-5-8-20(15-24)22(25)23-21-17(2)6-4-7-18(21)3/h4,6-7,9-12,20H,5,8,13-15H2,1-3H3,(H,23,25). The highest BCUT2D eigenvalue weighted by Gasteiger charge is 2.26. The third-order valence-corrected chi connectivity index (χ3v) is 5.13. The minimum Gasteiger partial charge on any atom is -0.325 e. The van der Waals surface area contributed by atoms with Crippen molar-refractivity contribution in [3.8, 4) is 0 Å². The minimum absolute atomic E-state index is 0.0678. The lowest BCUT2D eigenvalue weighted by molar-refractivity contribution is -0.121. The predicted molar refractivity (Wildman–Crippen MR) is 104 cm³/mol. The van der Waals surface area contributed by atoms with Crippen LogP contribution >= 0.6 is 0 Å². The van der Waals surface area contributed by atoms with Gasteiger partial charge in [-0.15, -0.1) is 0 Å². The Kier molecular flexibility index (Phi) is 5.54. The zero-order valence-electron chi connectivity index (χ0n) is 15.5. The molecule has 1 amide bonds. The van der Waals surface area contributed by atoms with E-state index in [1.165, 1.54) is 11.1 Å². The van der Waals surface area contributed by atoms with Gasteiger partial charge in [0.05, 0.1) is 5.92 Å². The number of carbonyl (C=O) groups is 1. The lowest BCUT2D eigenvalue weighted by Gasteiger charge is -2.32. The van der Waals surface area contributed by atoms with Gasteiger partial charge in [-0.05, 0) is 56.8 Å². The molecule has 3 nitrogen and oxygen atoms in total. The molecule has 25 heavy (non-hydrogen) atoms. The molecule has 1 saturated heterocycles. The number of nitrogens with zero attached hydrogens (tertiary/aromatic N) is 1. The Labute approximate surface area is 151 Å². The van der Waals surface area contributed by atoms with Crippen molar-refractivity contribution in [3.05, 3.63) is 64.7 Å². The van der Waals surface area contributed by atoms with Crippen molar-refractivity contribution in [1.82, 2.24) is 4.90 Å². The number of benzene rings is 2. The van der Waals surface area contributed by atoms with Gasteiger partial charge in [-0.1, -0.05) is 48.0 Å². The van der Waals surface area contributed by atoms with E-state index in [2.05, 4.69) is 41.4 Å². The number of para-hydroxylation sites is 1. The molecule has 2 aromatic carbocycles. The summed E-state index contributed by atoms with van der Waals surface area (Å²) in [4.78, 5) is 15.2. The summed E-state index contributed by atoms with van der Waals surface area (Å²) >= 11 is 0. The van der Waals surface area contributed by atoms with Crippen LogP contribution in [0.25, 0.3) is 0 Å². The molecule has 1 fully saturated rings. The number of aryl methyl sites for hydroxylation is 3. The van der Waals surface area contributed by atoms with E-state index in [1.807, 2.05) is 32.0 Å². The Morgan fingerprint density at radius 2 is 1.76 bits per heavy atom. The second-order valence-corrected chi connectivity index (χ2v) is 7.32. The van der Waals surface area contributed by atoms with E-state index in [0.29, 0.717) is 0 Å². The summed E-state index contributed by atoms with van der Waals surface area (Å²) in [5.41, 5.74) is 5.83. The van der Waals surface area contributed by atoms with E-state index in [4.69, 9.17) is 0 Å². The summed E-state index contributed by atoms with van der Waals surface area (Å²) in [7, 11) is 0. The number of likely N-dealkylation sites (tertiary alicyclic amines) is 1. The van der Waals surface area contributed by atoms with Crippen LogP contribution in [0.1, 0.15) is 35.1 Å². The number of amides is 1. The van der Waals surface area contributed by atoms with Crippen LogP contribution in [0.4, 0.5) is 5.69 Å². The molecule has 1 aliphatic rings. The maximum Gasteiger partial charge on any atom is 0.228 e. The summed E-state index contributed by atoms with van der Waals surface area (Å²) in [6, 6.07) is 14.8. The topological polar surface area (TPSA) is 32.3 Å². The molecular weight excluding hydrogens is 308 g/mol. The van der Waals surface area contributed by atoms with Crippen LogP contribution in [-0.2, 0) is 11.3 Å². The average Bonchev–Trinajstić information content (AvgIpc) is 2.60. The molecule has 2 aromatic rings. The zero-order valence-corrected chi connectivity index (χ0v) is 15.5. The van der Waals surface area contributed by atoms with Crippen molar-refractivity contribution in [3.63, 3.8) is 0 Å². The van der Waals surface area contributed by atoms with Crippen molar-refractivity contribution >= 4 is 11.6 Å². The third kappa shape index (κ3) is 4.49. The highest BCUT2D eigenvalue weighted by molar-refractivity contribution is 5.94. The van der Waals surface area contributed by atoms with E-state index < -0.39 is 0 Å². The lowest BCUT2D eigenvalue weighted by atomic mass is 9.96. The van der Waals surface area contributed by atoms with Crippen LogP contribution in [0.3, 0.4) is 0 Å². The molecule has 1 unspecified atom stereocenters. The van der Waals surface area contributed by atoms with Gasteiger partial charge >= 0.3 is 0 Å². The molecule has 1 atom stereocenters. The number of piperidine rings is 1. The van der Waals surface area contributed by atoms with Gasteiger partial charge in [0.2, 0.25) is 5.91 Å². The number of nitrogens with one attached hydrogen (secondary N) is 1. The van der Waals surface area contributed by atoms with Gasteiger partial charge in [0.1, 0.15) is 0 Å². The predicted octanol–water partition coefficient (Wildman–Crippen LogP) is 4.46. The molecular formula is C22H28N2O. The summed E-state index contributed by atoms with van der Waals surface area (Å²) in [5, 5.41) is 3.17. The van der Waals surface area contributed by atoms with Crippen LogP contribution in [0, 0.1) is 26.7 Å². The average molecular weight is 336 g/mol. The number of rotatable bonds is 4. The molecule has 3 heteroatoms. The first-order chi connectivity index (χ1) is 12.0. The maximum atomic E-state index is 12.8. The normalized spacial score (nSPS) is 18.1. The monoisotopic (exact) mass is 336 g/mol. The fourth-order valence-corrected chi connectivity index (χ4v) is 3.60. The molecule has 132 valence electrons. The van der Waals surface area contributed by atoms with Crippen molar-refractivity contribution in [2.24, 2.45) is 5.92 Å². The Hall–Kier alpha value is -2.13. The minimum atomic E-state index is 0.0678. The Morgan fingerprint density at radius 3 is 2.44 bits per heavy atom. The smallest absolute Gasteiger partial charge is 0.228 e. The van der Waals surface area contributed by atoms with Crippen molar-refractivity contribution in [2.75, 3.05) is 18.4 Å². The molecule has 1 aliphatic heterocycles. The van der Waals surface area contributed by atoms with Gasteiger partial charge in [-0.25, -0.2) is 0 Å². The Bertz CT molecular complexity index is 716. The molecule has 0 aromatic heterocycles. The maximum absolute atomic E-state index is 12.8. The third-order valence-electron chi connectivity index (χ3n) is 5.13. The fourth-order valence-electron chi connectivity index (χ4n) is 3.60. The summed E-state index contributed by atoms with van der Waals surface area (Å²) in [5.74, 6) is 0.226. The highest BCUT2D eigenvalue weighted by Crippen LogP contribution is 2.24. The zero-order chi connectivity index (χ0) is 17.8. The van der Waals surface area contributed by atoms with Crippen molar-refractivity contribution < 1.29 is 4.79 Å². The first-order valence-electron chi connectivity index (χ1n) is 9.18. The van der Waals surface area contributed by atoms with Crippen LogP contribution in [0.15, 0.2) is 42.5 Å². The fraction of sp³-hybridized carbons (Fsp3) is 0.409. The summed E-state index contributed by atoms with van der Waals surface area (Å²) < 4.78 is 0. The largest absolute Gasteiger partial charge is 0.325 e. The van der Waals surface area contributed by atoms with Crippen molar-refractivity contribution in [1.29, 1.82) is 0 Å². The lowest BCUT2D eigenvalue weighted by Crippen LogP contribution is -2.40. The Balaban J connectivity index is 1.62. The molecule has 0 aliphatic carbocycles. The number of hydrogen-bond acceptors (Lipinski definition) is 2. The van der Waals surface area contributed by atoms with Gasteiger partial charge in [-0.3, -0.25) is 9.69 Å². The van der Waals surface area contributed by atoms with Crippen LogP contribution < -0.4 is 5.32 Å². The van der Waals surface area contributed by atoms with E-state index in [9.17, 15) is 4.79 Å².